The molecular weight excluding hydrogens is 503 g/mol. The first-order valence-corrected chi connectivity index (χ1v) is 12.0. The molecule has 11 heteroatoms. The van der Waals surface area contributed by atoms with Crippen molar-refractivity contribution in [2.24, 2.45) is 0 Å². The number of hydrogen-bond donors (Lipinski definition) is 1. The van der Waals surface area contributed by atoms with Gasteiger partial charge in [-0.3, -0.25) is 14.5 Å². The molecule has 0 bridgehead atoms. The number of ketones is 1. The Morgan fingerprint density at radius 3 is 2.41 bits per heavy atom. The van der Waals surface area contributed by atoms with Crippen molar-refractivity contribution >= 4 is 39.9 Å². The van der Waals surface area contributed by atoms with Crippen molar-refractivity contribution in [2.75, 3.05) is 25.7 Å². The molecule has 0 radical (unpaired) electrons. The Hall–Kier alpha value is -4.25. The van der Waals surface area contributed by atoms with Crippen LogP contribution in [0.2, 0.25) is 0 Å². The summed E-state index contributed by atoms with van der Waals surface area (Å²) in [5.41, 5.74) is 0.651. The van der Waals surface area contributed by atoms with Gasteiger partial charge >= 0.3 is 11.9 Å². The third-order valence-electron chi connectivity index (χ3n) is 5.74. The average Bonchev–Trinajstić information content (AvgIpc) is 3.40. The van der Waals surface area contributed by atoms with Gasteiger partial charge in [-0.25, -0.2) is 14.2 Å². The Bertz CT molecular complexity index is 1410. The van der Waals surface area contributed by atoms with E-state index in [-0.39, 0.29) is 27.8 Å². The van der Waals surface area contributed by atoms with Gasteiger partial charge in [0.1, 0.15) is 16.5 Å². The summed E-state index contributed by atoms with van der Waals surface area (Å²) in [6.07, 6.45) is 0. The average molecular weight is 527 g/mol. The quantitative estimate of drug-likeness (QED) is 0.208. The zero-order valence-corrected chi connectivity index (χ0v) is 21.2. The minimum Gasteiger partial charge on any atom is -0.507 e. The molecule has 4 rings (SSSR count). The Balaban J connectivity index is 1.94. The van der Waals surface area contributed by atoms with Gasteiger partial charge in [-0.05, 0) is 55.8 Å². The van der Waals surface area contributed by atoms with E-state index in [0.717, 1.165) is 28.4 Å². The summed E-state index contributed by atoms with van der Waals surface area (Å²) in [6, 6.07) is 8.53. The summed E-state index contributed by atoms with van der Waals surface area (Å²) in [7, 11) is 2.90. The lowest BCUT2D eigenvalue weighted by atomic mass is 9.95. The number of benzene rings is 2. The van der Waals surface area contributed by atoms with Crippen LogP contribution in [0.3, 0.4) is 0 Å². The molecule has 1 amide bonds. The second kappa shape index (κ2) is 10.4. The highest BCUT2D eigenvalue weighted by Gasteiger charge is 2.48. The van der Waals surface area contributed by atoms with Crippen LogP contribution in [-0.4, -0.2) is 48.6 Å². The number of hydrogen-bond acceptors (Lipinski definition) is 9. The minimum absolute atomic E-state index is 0.0700. The molecule has 0 aliphatic carbocycles. The van der Waals surface area contributed by atoms with Crippen molar-refractivity contribution in [1.29, 1.82) is 0 Å². The SMILES string of the molecule is CCOC(=O)c1sc(N2C(=O)C(=O)/C(=C(/O)c3ccc(F)cc3)[C@@H]2c2ccc(OC)c(OC)c2)nc1C. The van der Waals surface area contributed by atoms with Gasteiger partial charge in [0.05, 0.1) is 38.1 Å². The van der Waals surface area contributed by atoms with Crippen LogP contribution in [-0.2, 0) is 14.3 Å². The number of esters is 1. The predicted molar refractivity (Wildman–Crippen MR) is 134 cm³/mol. The Kier molecular flexibility index (Phi) is 7.25. The van der Waals surface area contributed by atoms with Gasteiger partial charge in [-0.1, -0.05) is 17.4 Å². The first-order chi connectivity index (χ1) is 17.7. The molecule has 3 aromatic rings. The van der Waals surface area contributed by atoms with Crippen molar-refractivity contribution in [2.45, 2.75) is 19.9 Å². The molecule has 2 heterocycles. The van der Waals surface area contributed by atoms with E-state index in [1.807, 2.05) is 0 Å². The fourth-order valence-electron chi connectivity index (χ4n) is 4.00. The molecule has 1 atom stereocenters. The molecule has 1 N–H and O–H groups in total. The third-order valence-corrected chi connectivity index (χ3v) is 6.87. The predicted octanol–water partition coefficient (Wildman–Crippen LogP) is 4.41. The van der Waals surface area contributed by atoms with Crippen LogP contribution >= 0.6 is 11.3 Å². The standard InChI is InChI=1S/C26H23FN2O7S/c1-5-36-25(33)23-13(2)28-26(37-23)29-20(15-8-11-17(34-3)18(12-15)35-4)19(22(31)24(29)32)21(30)14-6-9-16(27)10-7-14/h6-12,20,30H,5H2,1-4H3/b21-19+/t20-/m0/s1. The number of anilines is 1. The number of aromatic nitrogens is 1. The molecule has 0 spiro atoms. The molecule has 1 fully saturated rings. The number of carbonyl (C=O) groups excluding carboxylic acids is 3. The van der Waals surface area contributed by atoms with Gasteiger partial charge in [0.2, 0.25) is 0 Å². The number of aryl methyl sites for hydroxylation is 1. The number of halogens is 1. The van der Waals surface area contributed by atoms with Crippen LogP contribution in [0.1, 0.15) is 39.5 Å². The summed E-state index contributed by atoms with van der Waals surface area (Å²) < 4.78 is 29.3. The maximum Gasteiger partial charge on any atom is 0.350 e. The van der Waals surface area contributed by atoms with Crippen LogP contribution in [0, 0.1) is 12.7 Å². The molecule has 192 valence electrons. The normalized spacial score (nSPS) is 16.7. The topological polar surface area (TPSA) is 115 Å². The lowest BCUT2D eigenvalue weighted by molar-refractivity contribution is -0.132. The van der Waals surface area contributed by atoms with Crippen LogP contribution in [0.4, 0.5) is 9.52 Å². The molecule has 1 aliphatic rings. The largest absolute Gasteiger partial charge is 0.507 e. The maximum atomic E-state index is 13.5. The minimum atomic E-state index is -1.13. The molecule has 0 saturated carbocycles. The number of methoxy groups -OCH3 is 2. The van der Waals surface area contributed by atoms with Gasteiger partial charge < -0.3 is 19.3 Å². The van der Waals surface area contributed by atoms with E-state index in [0.29, 0.717) is 22.8 Å². The Labute approximate surface area is 215 Å². The summed E-state index contributed by atoms with van der Waals surface area (Å²) in [4.78, 5) is 44.7. The van der Waals surface area contributed by atoms with E-state index in [2.05, 4.69) is 4.98 Å². The smallest absolute Gasteiger partial charge is 0.350 e. The van der Waals surface area contributed by atoms with Crippen molar-refractivity contribution in [3.05, 3.63) is 75.6 Å². The van der Waals surface area contributed by atoms with E-state index < -0.39 is 35.3 Å². The van der Waals surface area contributed by atoms with E-state index in [1.54, 1.807) is 32.0 Å². The number of ether oxygens (including phenoxy) is 3. The van der Waals surface area contributed by atoms with Crippen LogP contribution in [0.25, 0.3) is 5.76 Å². The van der Waals surface area contributed by atoms with Crippen LogP contribution < -0.4 is 14.4 Å². The summed E-state index contributed by atoms with van der Waals surface area (Å²) in [6.45, 7) is 3.41. The summed E-state index contributed by atoms with van der Waals surface area (Å²) in [5, 5.41) is 11.2. The van der Waals surface area contributed by atoms with Gasteiger partial charge in [0.15, 0.2) is 16.6 Å². The second-order valence-electron chi connectivity index (χ2n) is 7.92. The van der Waals surface area contributed by atoms with E-state index in [1.165, 1.54) is 26.4 Å². The molecule has 2 aromatic carbocycles. The number of carbonyl (C=O) groups is 3. The first kappa shape index (κ1) is 25.8. The number of rotatable bonds is 7. The molecule has 1 aromatic heterocycles. The summed E-state index contributed by atoms with van der Waals surface area (Å²) >= 11 is 0.896. The third kappa shape index (κ3) is 4.65. The number of amides is 1. The fourth-order valence-corrected chi connectivity index (χ4v) is 4.99. The molecule has 37 heavy (non-hydrogen) atoms. The van der Waals surface area contributed by atoms with Gasteiger partial charge in [0.25, 0.3) is 5.78 Å². The number of nitrogens with zero attached hydrogens (tertiary/aromatic N) is 2. The molecular formula is C26H23FN2O7S. The Morgan fingerprint density at radius 2 is 1.78 bits per heavy atom. The highest BCUT2D eigenvalue weighted by molar-refractivity contribution is 7.17. The second-order valence-corrected chi connectivity index (χ2v) is 8.90. The zero-order valence-electron chi connectivity index (χ0n) is 20.4. The monoisotopic (exact) mass is 526 g/mol. The fraction of sp³-hybridized carbons (Fsp3) is 0.231. The number of aliphatic hydroxyl groups is 1. The molecule has 0 unspecified atom stereocenters. The number of Topliss-reactive ketones (excluding diaryl/α,β-unsaturated/α-hetero) is 1. The van der Waals surface area contributed by atoms with Crippen molar-refractivity contribution in [3.63, 3.8) is 0 Å². The van der Waals surface area contributed by atoms with E-state index in [9.17, 15) is 23.9 Å². The first-order valence-electron chi connectivity index (χ1n) is 11.1. The van der Waals surface area contributed by atoms with Gasteiger partial charge in [-0.15, -0.1) is 0 Å². The van der Waals surface area contributed by atoms with Crippen molar-refractivity contribution in [1.82, 2.24) is 4.98 Å². The maximum absolute atomic E-state index is 13.5. The van der Waals surface area contributed by atoms with Gasteiger partial charge in [0, 0.05) is 5.56 Å². The highest BCUT2D eigenvalue weighted by atomic mass is 32.1. The summed E-state index contributed by atoms with van der Waals surface area (Å²) in [5.74, 6) is -2.79. The lowest BCUT2D eigenvalue weighted by Crippen LogP contribution is -2.29. The molecule has 9 nitrogen and oxygen atoms in total. The van der Waals surface area contributed by atoms with E-state index >= 15 is 0 Å². The molecule has 1 aliphatic heterocycles. The Morgan fingerprint density at radius 1 is 1.11 bits per heavy atom. The highest BCUT2D eigenvalue weighted by Crippen LogP contribution is 2.45. The van der Waals surface area contributed by atoms with Crippen molar-refractivity contribution in [3.8, 4) is 11.5 Å². The lowest BCUT2D eigenvalue weighted by Gasteiger charge is -2.23. The van der Waals surface area contributed by atoms with E-state index in [4.69, 9.17) is 14.2 Å². The molecule has 1 saturated heterocycles. The van der Waals surface area contributed by atoms with Crippen LogP contribution in [0.15, 0.2) is 48.0 Å². The number of thiazole rings is 1. The zero-order chi connectivity index (χ0) is 26.9. The number of aliphatic hydroxyl groups excluding tert-OH is 1. The van der Waals surface area contributed by atoms with Gasteiger partial charge in [-0.2, -0.15) is 0 Å². The van der Waals surface area contributed by atoms with Crippen LogP contribution in [0.5, 0.6) is 11.5 Å². The van der Waals surface area contributed by atoms with Crippen molar-refractivity contribution < 1.29 is 38.1 Å².